The molecule has 2 N–H and O–H groups in total. The van der Waals surface area contributed by atoms with Crippen molar-refractivity contribution in [3.8, 4) is 11.5 Å². The lowest BCUT2D eigenvalue weighted by Crippen LogP contribution is -2.19. The van der Waals surface area contributed by atoms with Crippen LogP contribution < -0.4 is 10.1 Å². The SMILES string of the molecule is COc1cc(CNC(C)c2c(C)noc2C)cc(Br)c1O. The Morgan fingerprint density at radius 3 is 2.71 bits per heavy atom. The number of aromatic hydroxyl groups is 1. The molecular formula is C15H19BrN2O3. The highest BCUT2D eigenvalue weighted by Gasteiger charge is 2.16. The van der Waals surface area contributed by atoms with Gasteiger partial charge in [-0.2, -0.15) is 0 Å². The number of nitrogens with one attached hydrogen (secondary N) is 1. The Bertz CT molecular complexity index is 621. The molecule has 0 saturated heterocycles. The van der Waals surface area contributed by atoms with Crippen LogP contribution in [0.2, 0.25) is 0 Å². The Labute approximate surface area is 132 Å². The first-order valence-electron chi connectivity index (χ1n) is 6.65. The number of phenolic OH excluding ortho intramolecular Hbond substituents is 1. The number of rotatable bonds is 5. The maximum Gasteiger partial charge on any atom is 0.172 e. The minimum atomic E-state index is 0.111. The smallest absolute Gasteiger partial charge is 0.172 e. The van der Waals surface area contributed by atoms with Gasteiger partial charge in [-0.15, -0.1) is 0 Å². The lowest BCUT2D eigenvalue weighted by Gasteiger charge is -2.15. The fraction of sp³-hybridized carbons (Fsp3) is 0.400. The van der Waals surface area contributed by atoms with E-state index >= 15 is 0 Å². The topological polar surface area (TPSA) is 67.5 Å². The first-order chi connectivity index (χ1) is 9.93. The van der Waals surface area contributed by atoms with Crippen LogP contribution in [0.25, 0.3) is 0 Å². The molecule has 0 aliphatic heterocycles. The number of ether oxygens (including phenoxy) is 1. The van der Waals surface area contributed by atoms with Gasteiger partial charge >= 0.3 is 0 Å². The minimum Gasteiger partial charge on any atom is -0.503 e. The Balaban J connectivity index is 2.11. The van der Waals surface area contributed by atoms with Gasteiger partial charge in [0.1, 0.15) is 5.76 Å². The van der Waals surface area contributed by atoms with Gasteiger partial charge < -0.3 is 19.7 Å². The third-order valence-electron chi connectivity index (χ3n) is 3.44. The number of aryl methyl sites for hydroxylation is 2. The molecule has 5 nitrogen and oxygen atoms in total. The molecular weight excluding hydrogens is 336 g/mol. The molecule has 114 valence electrons. The van der Waals surface area contributed by atoms with Gasteiger partial charge in [0.05, 0.1) is 17.3 Å². The summed E-state index contributed by atoms with van der Waals surface area (Å²) in [7, 11) is 1.53. The van der Waals surface area contributed by atoms with E-state index in [0.717, 1.165) is 22.6 Å². The van der Waals surface area contributed by atoms with Crippen molar-refractivity contribution in [3.63, 3.8) is 0 Å². The molecule has 2 rings (SSSR count). The van der Waals surface area contributed by atoms with Crippen LogP contribution in [0.1, 0.15) is 35.5 Å². The van der Waals surface area contributed by atoms with E-state index in [4.69, 9.17) is 9.26 Å². The minimum absolute atomic E-state index is 0.111. The summed E-state index contributed by atoms with van der Waals surface area (Å²) in [6, 6.07) is 3.80. The second kappa shape index (κ2) is 6.49. The molecule has 0 fully saturated rings. The van der Waals surface area contributed by atoms with Crippen LogP contribution in [0.4, 0.5) is 0 Å². The van der Waals surface area contributed by atoms with Crippen LogP contribution in [0.3, 0.4) is 0 Å². The summed E-state index contributed by atoms with van der Waals surface area (Å²) in [5.74, 6) is 1.39. The van der Waals surface area contributed by atoms with Crippen molar-refractivity contribution in [2.75, 3.05) is 7.11 Å². The zero-order valence-corrected chi connectivity index (χ0v) is 14.1. The Kier molecular flexibility index (Phi) is 4.90. The van der Waals surface area contributed by atoms with Crippen LogP contribution >= 0.6 is 15.9 Å². The van der Waals surface area contributed by atoms with Gasteiger partial charge in [-0.05, 0) is 54.4 Å². The molecule has 1 atom stereocenters. The molecule has 1 unspecified atom stereocenters. The number of hydrogen-bond donors (Lipinski definition) is 2. The molecule has 1 aromatic carbocycles. The summed E-state index contributed by atoms with van der Waals surface area (Å²) in [5.41, 5.74) is 2.99. The van der Waals surface area contributed by atoms with Crippen LogP contribution in [-0.4, -0.2) is 17.4 Å². The molecule has 0 aliphatic carbocycles. The van der Waals surface area contributed by atoms with Crippen molar-refractivity contribution in [2.24, 2.45) is 0 Å². The Morgan fingerprint density at radius 1 is 1.43 bits per heavy atom. The summed E-state index contributed by atoms with van der Waals surface area (Å²) in [5, 5.41) is 17.2. The zero-order chi connectivity index (χ0) is 15.6. The average Bonchev–Trinajstić information content (AvgIpc) is 2.79. The number of hydrogen-bond acceptors (Lipinski definition) is 5. The highest BCUT2D eigenvalue weighted by Crippen LogP contribution is 2.35. The average molecular weight is 355 g/mol. The maximum atomic E-state index is 9.81. The fourth-order valence-electron chi connectivity index (χ4n) is 2.37. The predicted molar refractivity (Wildman–Crippen MR) is 83.6 cm³/mol. The lowest BCUT2D eigenvalue weighted by atomic mass is 10.1. The molecule has 0 bridgehead atoms. The van der Waals surface area contributed by atoms with E-state index in [0.29, 0.717) is 16.8 Å². The van der Waals surface area contributed by atoms with E-state index in [1.807, 2.05) is 26.0 Å². The zero-order valence-electron chi connectivity index (χ0n) is 12.5. The summed E-state index contributed by atoms with van der Waals surface area (Å²) >= 11 is 3.32. The van der Waals surface area contributed by atoms with Gasteiger partial charge in [0.25, 0.3) is 0 Å². The molecule has 0 aliphatic rings. The van der Waals surface area contributed by atoms with Crippen LogP contribution in [0, 0.1) is 13.8 Å². The number of aromatic nitrogens is 1. The third-order valence-corrected chi connectivity index (χ3v) is 4.05. The highest BCUT2D eigenvalue weighted by molar-refractivity contribution is 9.10. The quantitative estimate of drug-likeness (QED) is 0.858. The summed E-state index contributed by atoms with van der Waals surface area (Å²) in [6.07, 6.45) is 0. The Hall–Kier alpha value is -1.53. The molecule has 0 radical (unpaired) electrons. The van der Waals surface area contributed by atoms with Gasteiger partial charge in [0, 0.05) is 18.2 Å². The standard InChI is InChI=1S/C15H19BrN2O3/c1-8(14-9(2)18-21-10(14)3)17-7-11-5-12(16)15(19)13(6-11)20-4/h5-6,8,17,19H,7H2,1-4H3. The van der Waals surface area contributed by atoms with E-state index < -0.39 is 0 Å². The molecule has 0 spiro atoms. The first kappa shape index (κ1) is 15.9. The van der Waals surface area contributed by atoms with E-state index in [1.165, 1.54) is 7.11 Å². The molecule has 2 aromatic rings. The third kappa shape index (κ3) is 3.39. The van der Waals surface area contributed by atoms with Gasteiger partial charge in [0.2, 0.25) is 0 Å². The summed E-state index contributed by atoms with van der Waals surface area (Å²) in [6.45, 7) is 6.55. The summed E-state index contributed by atoms with van der Waals surface area (Å²) < 4.78 is 11.0. The fourth-order valence-corrected chi connectivity index (χ4v) is 2.86. The maximum absolute atomic E-state index is 9.81. The molecule has 0 amide bonds. The number of halogens is 1. The highest BCUT2D eigenvalue weighted by atomic mass is 79.9. The number of benzene rings is 1. The van der Waals surface area contributed by atoms with Crippen molar-refractivity contribution in [1.29, 1.82) is 0 Å². The van der Waals surface area contributed by atoms with Crippen LogP contribution in [0.5, 0.6) is 11.5 Å². The monoisotopic (exact) mass is 354 g/mol. The number of phenols is 1. The van der Waals surface area contributed by atoms with Crippen molar-refractivity contribution in [1.82, 2.24) is 10.5 Å². The van der Waals surface area contributed by atoms with Crippen molar-refractivity contribution >= 4 is 15.9 Å². The second-order valence-electron chi connectivity index (χ2n) is 4.97. The predicted octanol–water partition coefficient (Wildman–Crippen LogP) is 3.62. The molecule has 1 aromatic heterocycles. The number of nitrogens with zero attached hydrogens (tertiary/aromatic N) is 1. The summed E-state index contributed by atoms with van der Waals surface area (Å²) in [4.78, 5) is 0. The Morgan fingerprint density at radius 2 is 2.14 bits per heavy atom. The normalized spacial score (nSPS) is 12.4. The number of methoxy groups -OCH3 is 1. The van der Waals surface area contributed by atoms with Crippen LogP contribution in [0.15, 0.2) is 21.1 Å². The van der Waals surface area contributed by atoms with Gasteiger partial charge in [0.15, 0.2) is 11.5 Å². The van der Waals surface area contributed by atoms with Crippen molar-refractivity contribution in [2.45, 2.75) is 33.4 Å². The molecule has 1 heterocycles. The molecule has 0 saturated carbocycles. The first-order valence-corrected chi connectivity index (χ1v) is 7.44. The second-order valence-corrected chi connectivity index (χ2v) is 5.82. The molecule has 21 heavy (non-hydrogen) atoms. The van der Waals surface area contributed by atoms with E-state index in [2.05, 4.69) is 33.3 Å². The molecule has 6 heteroatoms. The van der Waals surface area contributed by atoms with Crippen LogP contribution in [-0.2, 0) is 6.54 Å². The van der Waals surface area contributed by atoms with Crippen molar-refractivity contribution < 1.29 is 14.4 Å². The van der Waals surface area contributed by atoms with Crippen molar-refractivity contribution in [3.05, 3.63) is 39.2 Å². The lowest BCUT2D eigenvalue weighted by molar-refractivity contribution is 0.371. The van der Waals surface area contributed by atoms with E-state index in [9.17, 15) is 5.11 Å². The van der Waals surface area contributed by atoms with E-state index in [-0.39, 0.29) is 11.8 Å². The van der Waals surface area contributed by atoms with E-state index in [1.54, 1.807) is 0 Å². The largest absolute Gasteiger partial charge is 0.503 e. The van der Waals surface area contributed by atoms with Gasteiger partial charge in [-0.25, -0.2) is 0 Å². The van der Waals surface area contributed by atoms with Gasteiger partial charge in [-0.1, -0.05) is 5.16 Å². The van der Waals surface area contributed by atoms with Gasteiger partial charge in [-0.3, -0.25) is 0 Å².